The largest absolute Gasteiger partial charge is 0.491 e. The lowest BCUT2D eigenvalue weighted by Gasteiger charge is -2.14. The maximum atomic E-state index is 11.6. The second-order valence-electron chi connectivity index (χ2n) is 4.93. The molecule has 0 radical (unpaired) electrons. The van der Waals surface area contributed by atoms with Crippen molar-refractivity contribution in [3.05, 3.63) is 63.6 Å². The quantitative estimate of drug-likeness (QED) is 0.649. The molecule has 0 bridgehead atoms. The van der Waals surface area contributed by atoms with Gasteiger partial charge in [0.05, 0.1) is 6.54 Å². The zero-order chi connectivity index (χ0) is 15.4. The van der Waals surface area contributed by atoms with Gasteiger partial charge in [-0.3, -0.25) is 10.2 Å². The normalized spacial score (nSPS) is 10.4. The maximum Gasteiger partial charge on any atom is 0.250 e. The van der Waals surface area contributed by atoms with Crippen molar-refractivity contribution in [1.82, 2.24) is 4.57 Å². The van der Waals surface area contributed by atoms with Gasteiger partial charge in [0.15, 0.2) is 0 Å². The lowest BCUT2D eigenvalue weighted by molar-refractivity contribution is 0.292. The third kappa shape index (κ3) is 3.51. The van der Waals surface area contributed by atoms with Crippen LogP contribution in [0.4, 0.5) is 0 Å². The molecule has 0 fully saturated rings. The number of benzene rings is 1. The molecule has 0 atom stereocenters. The van der Waals surface area contributed by atoms with Gasteiger partial charge < -0.3 is 15.0 Å². The number of amidine groups is 1. The van der Waals surface area contributed by atoms with Crippen LogP contribution in [0.25, 0.3) is 0 Å². The first-order valence-electron chi connectivity index (χ1n) is 6.73. The molecule has 5 heteroatoms. The number of rotatable bonds is 5. The Kier molecular flexibility index (Phi) is 4.42. The van der Waals surface area contributed by atoms with Crippen LogP contribution in [0.5, 0.6) is 5.75 Å². The van der Waals surface area contributed by atoms with Crippen molar-refractivity contribution in [2.24, 2.45) is 5.73 Å². The van der Waals surface area contributed by atoms with E-state index in [4.69, 9.17) is 15.9 Å². The molecule has 0 saturated carbocycles. The van der Waals surface area contributed by atoms with E-state index in [0.717, 1.165) is 16.9 Å². The summed E-state index contributed by atoms with van der Waals surface area (Å²) in [6.07, 6.45) is 1.74. The Hall–Kier alpha value is -2.56. The van der Waals surface area contributed by atoms with Crippen LogP contribution >= 0.6 is 0 Å². The van der Waals surface area contributed by atoms with E-state index in [2.05, 4.69) is 0 Å². The minimum absolute atomic E-state index is 0.0403. The first kappa shape index (κ1) is 14.8. The van der Waals surface area contributed by atoms with E-state index in [0.29, 0.717) is 18.7 Å². The molecule has 0 saturated heterocycles. The second kappa shape index (κ2) is 6.26. The van der Waals surface area contributed by atoms with Crippen molar-refractivity contribution in [3.8, 4) is 5.75 Å². The summed E-state index contributed by atoms with van der Waals surface area (Å²) < 4.78 is 7.40. The molecular formula is C16H19N3O2. The van der Waals surface area contributed by atoms with E-state index in [1.807, 2.05) is 32.0 Å². The van der Waals surface area contributed by atoms with Crippen LogP contribution in [0.3, 0.4) is 0 Å². The summed E-state index contributed by atoms with van der Waals surface area (Å²) >= 11 is 0. The fourth-order valence-corrected chi connectivity index (χ4v) is 2.22. The first-order chi connectivity index (χ1) is 9.99. The Labute approximate surface area is 123 Å². The summed E-state index contributed by atoms with van der Waals surface area (Å²) in [4.78, 5) is 11.6. The Morgan fingerprint density at radius 2 is 1.95 bits per heavy atom. The SMILES string of the molecule is Cc1cc(C(=N)N)cc(C)c1OCCn1ccccc1=O. The molecule has 1 heterocycles. The molecule has 2 aromatic rings. The Bertz CT molecular complexity index is 696. The fraction of sp³-hybridized carbons (Fsp3) is 0.250. The monoisotopic (exact) mass is 285 g/mol. The van der Waals surface area contributed by atoms with Gasteiger partial charge >= 0.3 is 0 Å². The third-order valence-corrected chi connectivity index (χ3v) is 3.25. The predicted octanol–water partition coefficient (Wildman–Crippen LogP) is 1.83. The third-order valence-electron chi connectivity index (χ3n) is 3.25. The molecule has 0 aliphatic rings. The van der Waals surface area contributed by atoms with Gasteiger partial charge in [-0.1, -0.05) is 6.07 Å². The Morgan fingerprint density at radius 3 is 2.52 bits per heavy atom. The van der Waals surface area contributed by atoms with E-state index in [1.54, 1.807) is 16.8 Å². The van der Waals surface area contributed by atoms with Crippen molar-refractivity contribution in [2.45, 2.75) is 20.4 Å². The van der Waals surface area contributed by atoms with Gasteiger partial charge in [-0.05, 0) is 43.2 Å². The number of ether oxygens (including phenoxy) is 1. The summed E-state index contributed by atoms with van der Waals surface area (Å²) in [6.45, 7) is 4.74. The molecule has 1 aromatic heterocycles. The first-order valence-corrected chi connectivity index (χ1v) is 6.73. The van der Waals surface area contributed by atoms with Crippen LogP contribution in [0.2, 0.25) is 0 Å². The Morgan fingerprint density at radius 1 is 1.29 bits per heavy atom. The molecule has 1 aromatic carbocycles. The molecule has 2 rings (SSSR count). The molecule has 21 heavy (non-hydrogen) atoms. The number of hydrogen-bond donors (Lipinski definition) is 2. The van der Waals surface area contributed by atoms with Gasteiger partial charge in [0, 0.05) is 17.8 Å². The van der Waals surface area contributed by atoms with Crippen LogP contribution in [-0.4, -0.2) is 17.0 Å². The lowest BCUT2D eigenvalue weighted by atomic mass is 10.1. The van der Waals surface area contributed by atoms with E-state index < -0.39 is 0 Å². The second-order valence-corrected chi connectivity index (χ2v) is 4.93. The summed E-state index contributed by atoms with van der Waals surface area (Å²) in [5.41, 5.74) is 8.01. The van der Waals surface area contributed by atoms with Crippen LogP contribution in [0.1, 0.15) is 16.7 Å². The Balaban J connectivity index is 2.09. The summed E-state index contributed by atoms with van der Waals surface area (Å²) in [5, 5.41) is 7.47. The van der Waals surface area contributed by atoms with Gasteiger partial charge in [-0.2, -0.15) is 0 Å². The molecule has 110 valence electrons. The molecule has 0 aliphatic carbocycles. The van der Waals surface area contributed by atoms with Crippen molar-refractivity contribution < 1.29 is 4.74 Å². The highest BCUT2D eigenvalue weighted by Gasteiger charge is 2.08. The van der Waals surface area contributed by atoms with Crippen LogP contribution in [-0.2, 0) is 6.54 Å². The van der Waals surface area contributed by atoms with Crippen LogP contribution < -0.4 is 16.0 Å². The fourth-order valence-electron chi connectivity index (χ4n) is 2.22. The molecule has 0 aliphatic heterocycles. The van der Waals surface area contributed by atoms with E-state index >= 15 is 0 Å². The molecule has 3 N–H and O–H groups in total. The summed E-state index contributed by atoms with van der Waals surface area (Å²) in [7, 11) is 0. The smallest absolute Gasteiger partial charge is 0.250 e. The minimum atomic E-state index is -0.0403. The van der Waals surface area contributed by atoms with Gasteiger partial charge in [-0.15, -0.1) is 0 Å². The van der Waals surface area contributed by atoms with Gasteiger partial charge in [0.1, 0.15) is 18.2 Å². The van der Waals surface area contributed by atoms with Crippen molar-refractivity contribution >= 4 is 5.84 Å². The number of nitrogens with one attached hydrogen (secondary N) is 1. The molecule has 0 spiro atoms. The van der Waals surface area contributed by atoms with E-state index in [1.165, 1.54) is 6.07 Å². The van der Waals surface area contributed by atoms with Crippen molar-refractivity contribution in [3.63, 3.8) is 0 Å². The van der Waals surface area contributed by atoms with E-state index in [9.17, 15) is 4.79 Å². The zero-order valence-electron chi connectivity index (χ0n) is 12.2. The van der Waals surface area contributed by atoms with Crippen LogP contribution in [0.15, 0.2) is 41.3 Å². The lowest BCUT2D eigenvalue weighted by Crippen LogP contribution is -2.21. The highest BCUT2D eigenvalue weighted by Crippen LogP contribution is 2.24. The number of pyridine rings is 1. The predicted molar refractivity (Wildman–Crippen MR) is 83.1 cm³/mol. The molecule has 0 unspecified atom stereocenters. The summed E-state index contributed by atoms with van der Waals surface area (Å²) in [5.74, 6) is 0.826. The number of hydrogen-bond acceptors (Lipinski definition) is 3. The average Bonchev–Trinajstić information content (AvgIpc) is 2.43. The van der Waals surface area contributed by atoms with Gasteiger partial charge in [-0.25, -0.2) is 0 Å². The zero-order valence-corrected chi connectivity index (χ0v) is 12.2. The number of aryl methyl sites for hydroxylation is 2. The molecular weight excluding hydrogens is 266 g/mol. The number of nitrogen functional groups attached to an aromatic ring is 1. The van der Waals surface area contributed by atoms with Crippen molar-refractivity contribution in [1.29, 1.82) is 5.41 Å². The van der Waals surface area contributed by atoms with E-state index in [-0.39, 0.29) is 11.4 Å². The number of aromatic nitrogens is 1. The minimum Gasteiger partial charge on any atom is -0.491 e. The molecule has 5 nitrogen and oxygen atoms in total. The van der Waals surface area contributed by atoms with Gasteiger partial charge in [0.2, 0.25) is 0 Å². The maximum absolute atomic E-state index is 11.6. The standard InChI is InChI=1S/C16H19N3O2/c1-11-9-13(16(17)18)10-12(2)15(11)21-8-7-19-6-4-3-5-14(19)20/h3-6,9-10H,7-8H2,1-2H3,(H3,17,18). The highest BCUT2D eigenvalue weighted by atomic mass is 16.5. The molecule has 0 amide bonds. The highest BCUT2D eigenvalue weighted by molar-refractivity contribution is 5.95. The van der Waals surface area contributed by atoms with Crippen LogP contribution in [0, 0.1) is 19.3 Å². The average molecular weight is 285 g/mol. The topological polar surface area (TPSA) is 81.1 Å². The number of nitrogens with two attached hydrogens (primary N) is 1. The number of nitrogens with zero attached hydrogens (tertiary/aromatic N) is 1. The van der Waals surface area contributed by atoms with Gasteiger partial charge in [0.25, 0.3) is 5.56 Å². The summed E-state index contributed by atoms with van der Waals surface area (Å²) in [6, 6.07) is 8.73. The van der Waals surface area contributed by atoms with Crippen molar-refractivity contribution in [2.75, 3.05) is 6.61 Å².